The van der Waals surface area contributed by atoms with E-state index in [-0.39, 0.29) is 17.1 Å². The number of nitrogens with zero attached hydrogens (tertiary/aromatic N) is 2. The fourth-order valence-corrected chi connectivity index (χ4v) is 4.24. The topological polar surface area (TPSA) is 23.6 Å². The zero-order valence-corrected chi connectivity index (χ0v) is 15.9. The second-order valence-corrected chi connectivity index (χ2v) is 7.84. The number of carbonyl (C=O) groups is 1. The van der Waals surface area contributed by atoms with Crippen LogP contribution < -0.4 is 4.90 Å². The van der Waals surface area contributed by atoms with Crippen LogP contribution in [0.1, 0.15) is 16.5 Å². The van der Waals surface area contributed by atoms with E-state index < -0.39 is 0 Å². The van der Waals surface area contributed by atoms with Crippen molar-refractivity contribution in [2.45, 2.75) is 11.9 Å². The first kappa shape index (κ1) is 17.3. The number of benzene rings is 2. The Labute approximate surface area is 154 Å². The van der Waals surface area contributed by atoms with Gasteiger partial charge in [-0.15, -0.1) is 11.8 Å². The Morgan fingerprint density at radius 3 is 2.58 bits per heavy atom. The number of rotatable bonds is 4. The molecule has 0 bridgehead atoms. The normalized spacial score (nSPS) is 17.4. The van der Waals surface area contributed by atoms with E-state index in [0.717, 1.165) is 16.8 Å². The molecule has 1 saturated heterocycles. The average Bonchev–Trinajstić information content (AvgIpc) is 2.92. The van der Waals surface area contributed by atoms with Crippen molar-refractivity contribution in [2.24, 2.45) is 0 Å². The standard InChI is InChI=1S/C18H18BrFN2OS/c1-21(2)14-6-3-12(4-7-14)10-22-17(23)11-24-18(22)13-5-8-16(20)15(19)9-13/h3-9,18H,10-11H2,1-2H3. The molecule has 0 aliphatic carbocycles. The van der Waals surface area contributed by atoms with Gasteiger partial charge in [0, 0.05) is 26.3 Å². The maximum atomic E-state index is 13.5. The molecule has 1 unspecified atom stereocenters. The van der Waals surface area contributed by atoms with Crippen LogP contribution in [0.4, 0.5) is 10.1 Å². The van der Waals surface area contributed by atoms with Gasteiger partial charge in [0.1, 0.15) is 11.2 Å². The van der Waals surface area contributed by atoms with E-state index in [1.165, 1.54) is 6.07 Å². The SMILES string of the molecule is CN(C)c1ccc(CN2C(=O)CSC2c2ccc(F)c(Br)c2)cc1. The largest absolute Gasteiger partial charge is 0.378 e. The summed E-state index contributed by atoms with van der Waals surface area (Å²) in [4.78, 5) is 16.2. The minimum Gasteiger partial charge on any atom is -0.378 e. The van der Waals surface area contributed by atoms with Gasteiger partial charge >= 0.3 is 0 Å². The van der Waals surface area contributed by atoms with Crippen LogP contribution in [-0.2, 0) is 11.3 Å². The zero-order chi connectivity index (χ0) is 17.3. The maximum Gasteiger partial charge on any atom is 0.234 e. The molecule has 1 aliphatic heterocycles. The summed E-state index contributed by atoms with van der Waals surface area (Å²) in [6.07, 6.45) is 0. The smallest absolute Gasteiger partial charge is 0.234 e. The molecule has 1 fully saturated rings. The summed E-state index contributed by atoms with van der Waals surface area (Å²) < 4.78 is 13.9. The van der Waals surface area contributed by atoms with E-state index in [0.29, 0.717) is 16.8 Å². The first-order valence-corrected chi connectivity index (χ1v) is 9.42. The molecule has 0 radical (unpaired) electrons. The van der Waals surface area contributed by atoms with Crippen LogP contribution in [0.2, 0.25) is 0 Å². The number of anilines is 1. The second-order valence-electron chi connectivity index (χ2n) is 5.92. The van der Waals surface area contributed by atoms with Gasteiger partial charge in [-0.1, -0.05) is 18.2 Å². The lowest BCUT2D eigenvalue weighted by Gasteiger charge is -2.25. The number of hydrogen-bond acceptors (Lipinski definition) is 3. The highest BCUT2D eigenvalue weighted by molar-refractivity contribution is 9.10. The van der Waals surface area contributed by atoms with E-state index in [9.17, 15) is 9.18 Å². The van der Waals surface area contributed by atoms with Gasteiger partial charge in [0.05, 0.1) is 10.2 Å². The highest BCUT2D eigenvalue weighted by Crippen LogP contribution is 2.40. The van der Waals surface area contributed by atoms with Crippen LogP contribution in [0, 0.1) is 5.82 Å². The lowest BCUT2D eigenvalue weighted by atomic mass is 10.1. The van der Waals surface area contributed by atoms with Crippen molar-refractivity contribution in [2.75, 3.05) is 24.7 Å². The molecule has 0 aromatic heterocycles. The molecule has 1 aliphatic rings. The predicted octanol–water partition coefficient (Wildman–Crippen LogP) is 4.43. The quantitative estimate of drug-likeness (QED) is 0.747. The lowest BCUT2D eigenvalue weighted by molar-refractivity contribution is -0.128. The molecule has 6 heteroatoms. The van der Waals surface area contributed by atoms with E-state index in [4.69, 9.17) is 0 Å². The van der Waals surface area contributed by atoms with Crippen LogP contribution in [-0.4, -0.2) is 30.7 Å². The van der Waals surface area contributed by atoms with Gasteiger partial charge in [0.25, 0.3) is 0 Å². The van der Waals surface area contributed by atoms with Gasteiger partial charge in [-0.2, -0.15) is 0 Å². The molecule has 2 aromatic rings. The molecule has 1 heterocycles. The van der Waals surface area contributed by atoms with Crippen LogP contribution in [0.5, 0.6) is 0 Å². The second kappa shape index (κ2) is 7.15. The zero-order valence-electron chi connectivity index (χ0n) is 13.5. The van der Waals surface area contributed by atoms with Crippen LogP contribution >= 0.6 is 27.7 Å². The summed E-state index contributed by atoms with van der Waals surface area (Å²) in [5.41, 5.74) is 3.14. The number of amides is 1. The Kier molecular flexibility index (Phi) is 5.15. The number of halogens is 2. The van der Waals surface area contributed by atoms with Crippen molar-refractivity contribution in [3.63, 3.8) is 0 Å². The minimum atomic E-state index is -0.293. The first-order chi connectivity index (χ1) is 11.5. The molecule has 1 atom stereocenters. The fraction of sp³-hybridized carbons (Fsp3) is 0.278. The molecule has 2 aromatic carbocycles. The number of thioether (sulfide) groups is 1. The van der Waals surface area contributed by atoms with Crippen molar-refractivity contribution in [3.8, 4) is 0 Å². The molecule has 3 rings (SSSR count). The molecule has 1 amide bonds. The summed E-state index contributed by atoms with van der Waals surface area (Å²) in [7, 11) is 4.00. The number of carbonyl (C=O) groups excluding carboxylic acids is 1. The van der Waals surface area contributed by atoms with Crippen molar-refractivity contribution >= 4 is 39.3 Å². The molecule has 0 saturated carbocycles. The van der Waals surface area contributed by atoms with Gasteiger partial charge < -0.3 is 9.80 Å². The van der Waals surface area contributed by atoms with Crippen molar-refractivity contribution in [1.29, 1.82) is 0 Å². The molecular formula is C18H18BrFN2OS. The molecule has 3 nitrogen and oxygen atoms in total. The van der Waals surface area contributed by atoms with Crippen LogP contribution in [0.25, 0.3) is 0 Å². The molecule has 24 heavy (non-hydrogen) atoms. The van der Waals surface area contributed by atoms with Gasteiger partial charge in [0.2, 0.25) is 5.91 Å². The van der Waals surface area contributed by atoms with E-state index >= 15 is 0 Å². The summed E-state index contributed by atoms with van der Waals surface area (Å²) in [6.45, 7) is 0.555. The van der Waals surface area contributed by atoms with Gasteiger partial charge in [-0.3, -0.25) is 4.79 Å². The average molecular weight is 409 g/mol. The summed E-state index contributed by atoms with van der Waals surface area (Å²) in [6, 6.07) is 13.1. The molecule has 126 valence electrons. The lowest BCUT2D eigenvalue weighted by Crippen LogP contribution is -2.27. The summed E-state index contributed by atoms with van der Waals surface area (Å²) >= 11 is 4.80. The fourth-order valence-electron chi connectivity index (χ4n) is 2.66. The third-order valence-corrected chi connectivity index (χ3v) is 5.87. The van der Waals surface area contributed by atoms with Gasteiger partial charge in [0.15, 0.2) is 0 Å². The third kappa shape index (κ3) is 3.59. The van der Waals surface area contributed by atoms with Crippen LogP contribution in [0.3, 0.4) is 0 Å². The third-order valence-electron chi connectivity index (χ3n) is 4.00. The minimum absolute atomic E-state index is 0.0806. The Morgan fingerprint density at radius 1 is 1.25 bits per heavy atom. The Hall–Kier alpha value is -1.53. The Balaban J connectivity index is 1.81. The molecule has 0 spiro atoms. The van der Waals surface area contributed by atoms with E-state index in [1.54, 1.807) is 23.9 Å². The highest BCUT2D eigenvalue weighted by Gasteiger charge is 2.33. The first-order valence-electron chi connectivity index (χ1n) is 7.58. The highest BCUT2D eigenvalue weighted by atomic mass is 79.9. The Morgan fingerprint density at radius 2 is 1.96 bits per heavy atom. The number of hydrogen-bond donors (Lipinski definition) is 0. The molecular weight excluding hydrogens is 391 g/mol. The molecule has 0 N–H and O–H groups in total. The van der Waals surface area contributed by atoms with Gasteiger partial charge in [-0.05, 0) is 51.3 Å². The van der Waals surface area contributed by atoms with Crippen molar-refractivity contribution in [3.05, 3.63) is 63.9 Å². The Bertz CT molecular complexity index is 751. The van der Waals surface area contributed by atoms with Crippen molar-refractivity contribution in [1.82, 2.24) is 4.90 Å². The van der Waals surface area contributed by atoms with Gasteiger partial charge in [-0.25, -0.2) is 4.39 Å². The van der Waals surface area contributed by atoms with Crippen LogP contribution in [0.15, 0.2) is 46.9 Å². The monoisotopic (exact) mass is 408 g/mol. The van der Waals surface area contributed by atoms with E-state index in [2.05, 4.69) is 15.9 Å². The summed E-state index contributed by atoms with van der Waals surface area (Å²) in [5, 5.41) is -0.0806. The maximum absolute atomic E-state index is 13.5. The van der Waals surface area contributed by atoms with E-state index in [1.807, 2.05) is 48.2 Å². The van der Waals surface area contributed by atoms with Crippen molar-refractivity contribution < 1.29 is 9.18 Å². The predicted molar refractivity (Wildman–Crippen MR) is 101 cm³/mol. The summed E-state index contributed by atoms with van der Waals surface area (Å²) in [5.74, 6) is 0.274.